The molecule has 1 amide bonds. The van der Waals surface area contributed by atoms with Gasteiger partial charge in [0, 0.05) is 5.02 Å². The second kappa shape index (κ2) is 9.22. The van der Waals surface area contributed by atoms with E-state index in [4.69, 9.17) is 16.3 Å². The molecule has 1 aliphatic rings. The fraction of sp³-hybridized carbons (Fsp3) is 0.208. The van der Waals surface area contributed by atoms with Crippen LogP contribution in [0.3, 0.4) is 0 Å². The summed E-state index contributed by atoms with van der Waals surface area (Å²) in [4.78, 5) is 13.2. The third kappa shape index (κ3) is 4.45. The molecule has 1 N–H and O–H groups in total. The van der Waals surface area contributed by atoms with Crippen LogP contribution < -0.4 is 14.4 Å². The van der Waals surface area contributed by atoms with E-state index in [-0.39, 0.29) is 23.4 Å². The average molecular weight is 471 g/mol. The molecule has 0 bridgehead atoms. The molecule has 3 aromatic carbocycles. The number of ether oxygens (including phenoxy) is 1. The number of nitrogens with one attached hydrogen (secondary N) is 1. The molecule has 0 spiro atoms. The first-order chi connectivity index (χ1) is 15.4. The van der Waals surface area contributed by atoms with E-state index in [2.05, 4.69) is 5.32 Å². The quantitative estimate of drug-likeness (QED) is 0.572. The van der Waals surface area contributed by atoms with Gasteiger partial charge in [0.05, 0.1) is 23.2 Å². The average Bonchev–Trinajstić information content (AvgIpc) is 2.82. The molecule has 0 aromatic heterocycles. The first kappa shape index (κ1) is 22.2. The van der Waals surface area contributed by atoms with Crippen LogP contribution in [0.4, 0.5) is 5.69 Å². The SMILES string of the molecule is CCC(NC(=O)C1CN(S(=O)(=O)c2ccc(Cl)cc2)c2ccccc2O1)c1ccccc1. The van der Waals surface area contributed by atoms with Crippen molar-refractivity contribution in [2.24, 2.45) is 0 Å². The van der Waals surface area contributed by atoms with Crippen molar-refractivity contribution < 1.29 is 17.9 Å². The summed E-state index contributed by atoms with van der Waals surface area (Å²) in [6, 6.07) is 22.2. The van der Waals surface area contributed by atoms with Crippen molar-refractivity contribution in [1.29, 1.82) is 0 Å². The van der Waals surface area contributed by atoms with Gasteiger partial charge in [-0.05, 0) is 48.4 Å². The summed E-state index contributed by atoms with van der Waals surface area (Å²) in [5.41, 5.74) is 1.37. The van der Waals surface area contributed by atoms with Crippen LogP contribution in [-0.4, -0.2) is 27.0 Å². The summed E-state index contributed by atoms with van der Waals surface area (Å²) in [7, 11) is -3.93. The van der Waals surface area contributed by atoms with Gasteiger partial charge < -0.3 is 10.1 Å². The zero-order valence-corrected chi connectivity index (χ0v) is 19.0. The van der Waals surface area contributed by atoms with Crippen molar-refractivity contribution in [3.63, 3.8) is 0 Å². The van der Waals surface area contributed by atoms with E-state index in [1.54, 1.807) is 24.3 Å². The number of hydrogen-bond donors (Lipinski definition) is 1. The number of hydrogen-bond acceptors (Lipinski definition) is 4. The van der Waals surface area contributed by atoms with Crippen LogP contribution in [-0.2, 0) is 14.8 Å². The van der Waals surface area contributed by atoms with E-state index in [1.807, 2.05) is 37.3 Å². The summed E-state index contributed by atoms with van der Waals surface area (Å²) < 4.78 is 34.0. The van der Waals surface area contributed by atoms with Crippen LogP contribution >= 0.6 is 11.6 Å². The Morgan fingerprint density at radius 1 is 1.06 bits per heavy atom. The fourth-order valence-corrected chi connectivity index (χ4v) is 5.27. The lowest BCUT2D eigenvalue weighted by Gasteiger charge is -2.35. The molecule has 166 valence electrons. The third-order valence-electron chi connectivity index (χ3n) is 5.36. The summed E-state index contributed by atoms with van der Waals surface area (Å²) in [6.45, 7) is 1.84. The Hall–Kier alpha value is -3.03. The Kier molecular flexibility index (Phi) is 6.39. The molecule has 0 fully saturated rings. The van der Waals surface area contributed by atoms with E-state index >= 15 is 0 Å². The summed E-state index contributed by atoms with van der Waals surface area (Å²) in [5.74, 6) is -0.0317. The predicted octanol–water partition coefficient (Wildman–Crippen LogP) is 4.56. The van der Waals surface area contributed by atoms with Crippen LogP contribution in [0.2, 0.25) is 5.02 Å². The van der Waals surface area contributed by atoms with Gasteiger partial charge in [-0.15, -0.1) is 0 Å². The lowest BCUT2D eigenvalue weighted by molar-refractivity contribution is -0.128. The number of anilines is 1. The zero-order chi connectivity index (χ0) is 22.7. The minimum Gasteiger partial charge on any atom is -0.476 e. The van der Waals surface area contributed by atoms with Gasteiger partial charge in [-0.1, -0.05) is 61.0 Å². The first-order valence-electron chi connectivity index (χ1n) is 10.3. The molecule has 0 saturated carbocycles. The van der Waals surface area contributed by atoms with Crippen molar-refractivity contribution >= 4 is 33.2 Å². The maximum absolute atomic E-state index is 13.4. The van der Waals surface area contributed by atoms with Crippen LogP contribution in [0, 0.1) is 0 Å². The lowest BCUT2D eigenvalue weighted by Crippen LogP contribution is -2.51. The van der Waals surface area contributed by atoms with Crippen molar-refractivity contribution in [3.05, 3.63) is 89.4 Å². The number of fused-ring (bicyclic) bond motifs is 1. The Labute approximate surface area is 192 Å². The second-order valence-electron chi connectivity index (χ2n) is 7.44. The molecular weight excluding hydrogens is 448 g/mol. The highest BCUT2D eigenvalue weighted by atomic mass is 35.5. The molecule has 6 nitrogen and oxygen atoms in total. The number of carbonyl (C=O) groups is 1. The van der Waals surface area contributed by atoms with Crippen LogP contribution in [0.15, 0.2) is 83.8 Å². The van der Waals surface area contributed by atoms with E-state index in [9.17, 15) is 13.2 Å². The van der Waals surface area contributed by atoms with E-state index in [0.29, 0.717) is 22.9 Å². The highest BCUT2D eigenvalue weighted by molar-refractivity contribution is 7.92. The Morgan fingerprint density at radius 2 is 1.72 bits per heavy atom. The fourth-order valence-electron chi connectivity index (χ4n) is 3.67. The molecule has 0 saturated heterocycles. The molecule has 1 heterocycles. The van der Waals surface area contributed by atoms with Gasteiger partial charge >= 0.3 is 0 Å². The zero-order valence-electron chi connectivity index (χ0n) is 17.4. The number of carbonyl (C=O) groups excluding carboxylic acids is 1. The minimum absolute atomic E-state index is 0.0912. The van der Waals surface area contributed by atoms with Gasteiger partial charge in [-0.2, -0.15) is 0 Å². The maximum Gasteiger partial charge on any atom is 0.264 e. The molecule has 4 rings (SSSR count). The second-order valence-corrected chi connectivity index (χ2v) is 9.74. The van der Waals surface area contributed by atoms with Gasteiger partial charge in [0.2, 0.25) is 0 Å². The number of nitrogens with zero attached hydrogens (tertiary/aromatic N) is 1. The summed E-state index contributed by atoms with van der Waals surface area (Å²) in [6.07, 6.45) is -0.309. The first-order valence-corrected chi connectivity index (χ1v) is 12.1. The van der Waals surface area contributed by atoms with Gasteiger partial charge in [-0.3, -0.25) is 9.10 Å². The molecule has 3 aromatic rings. The maximum atomic E-state index is 13.4. The lowest BCUT2D eigenvalue weighted by atomic mass is 10.0. The number of para-hydroxylation sites is 2. The highest BCUT2D eigenvalue weighted by Gasteiger charge is 2.38. The normalized spacial score (nSPS) is 16.6. The van der Waals surface area contributed by atoms with Crippen LogP contribution in [0.1, 0.15) is 24.9 Å². The largest absolute Gasteiger partial charge is 0.476 e. The molecular formula is C24H23ClN2O4S. The van der Waals surface area contributed by atoms with Gasteiger partial charge in [0.25, 0.3) is 15.9 Å². The molecule has 8 heteroatoms. The molecule has 0 aliphatic carbocycles. The Bertz CT molecular complexity index is 1200. The standard InChI is InChI=1S/C24H23ClN2O4S/c1-2-20(17-8-4-3-5-9-17)26-24(28)23-16-27(21-10-6-7-11-22(21)31-23)32(29,30)19-14-12-18(25)13-15-19/h3-15,20,23H,2,16H2,1H3,(H,26,28). The monoisotopic (exact) mass is 470 g/mol. The summed E-state index contributed by atoms with van der Waals surface area (Å²) in [5, 5.41) is 3.44. The number of rotatable bonds is 6. The van der Waals surface area contributed by atoms with Crippen molar-refractivity contribution in [3.8, 4) is 5.75 Å². The van der Waals surface area contributed by atoms with E-state index in [0.717, 1.165) is 5.56 Å². The third-order valence-corrected chi connectivity index (χ3v) is 7.40. The van der Waals surface area contributed by atoms with Gasteiger partial charge in [0.15, 0.2) is 6.10 Å². The number of benzene rings is 3. The number of sulfonamides is 1. The van der Waals surface area contributed by atoms with Crippen molar-refractivity contribution in [2.75, 3.05) is 10.8 Å². The Morgan fingerprint density at radius 3 is 2.41 bits per heavy atom. The van der Waals surface area contributed by atoms with Crippen molar-refractivity contribution in [2.45, 2.75) is 30.4 Å². The molecule has 0 radical (unpaired) electrons. The van der Waals surface area contributed by atoms with Crippen LogP contribution in [0.25, 0.3) is 0 Å². The topological polar surface area (TPSA) is 75.7 Å². The molecule has 2 atom stereocenters. The van der Waals surface area contributed by atoms with Gasteiger partial charge in [-0.25, -0.2) is 8.42 Å². The molecule has 2 unspecified atom stereocenters. The highest BCUT2D eigenvalue weighted by Crippen LogP contribution is 2.37. The van der Waals surface area contributed by atoms with E-state index in [1.165, 1.54) is 28.6 Å². The van der Waals surface area contributed by atoms with E-state index < -0.39 is 16.1 Å². The van der Waals surface area contributed by atoms with Crippen molar-refractivity contribution in [1.82, 2.24) is 5.32 Å². The predicted molar refractivity (Wildman–Crippen MR) is 124 cm³/mol. The van der Waals surface area contributed by atoms with Crippen LogP contribution in [0.5, 0.6) is 5.75 Å². The number of halogens is 1. The van der Waals surface area contributed by atoms with Gasteiger partial charge in [0.1, 0.15) is 5.75 Å². The summed E-state index contributed by atoms with van der Waals surface area (Å²) >= 11 is 5.92. The Balaban J connectivity index is 1.63. The minimum atomic E-state index is -3.93. The molecule has 32 heavy (non-hydrogen) atoms. The molecule has 1 aliphatic heterocycles. The number of amides is 1. The smallest absolute Gasteiger partial charge is 0.264 e.